The molecule has 0 saturated heterocycles. The van der Waals surface area contributed by atoms with Gasteiger partial charge in [0, 0.05) is 0 Å². The summed E-state index contributed by atoms with van der Waals surface area (Å²) in [6.45, 7) is 1.83. The van der Waals surface area contributed by atoms with Gasteiger partial charge in [0.05, 0.1) is 0 Å². The van der Waals surface area contributed by atoms with E-state index in [0.29, 0.717) is 6.42 Å². The summed E-state index contributed by atoms with van der Waals surface area (Å²) >= 11 is 0. The maximum Gasteiger partial charge on any atom is 0.195 e. The van der Waals surface area contributed by atoms with E-state index in [0.717, 1.165) is 0 Å². The molecule has 0 aliphatic heterocycles. The van der Waals surface area contributed by atoms with Crippen LogP contribution in [0.25, 0.3) is 0 Å². The van der Waals surface area contributed by atoms with Crippen molar-refractivity contribution in [1.82, 2.24) is 4.90 Å². The van der Waals surface area contributed by atoms with Gasteiger partial charge >= 0.3 is 0 Å². The van der Waals surface area contributed by atoms with Gasteiger partial charge in [-0.05, 0) is 20.5 Å². The van der Waals surface area contributed by atoms with Crippen LogP contribution >= 0.6 is 0 Å². The minimum Gasteiger partial charge on any atom is -0.280 e. The van der Waals surface area contributed by atoms with E-state index >= 15 is 0 Å². The summed E-state index contributed by atoms with van der Waals surface area (Å²) in [4.78, 5) is 1.63. The number of nitriles is 2. The van der Waals surface area contributed by atoms with Crippen molar-refractivity contribution < 1.29 is 0 Å². The fourth-order valence-corrected chi connectivity index (χ4v) is 0.699. The van der Waals surface area contributed by atoms with Crippen LogP contribution in [0, 0.1) is 22.7 Å². The number of rotatable bonds is 2. The van der Waals surface area contributed by atoms with Crippen LogP contribution in [-0.2, 0) is 0 Å². The van der Waals surface area contributed by atoms with Crippen LogP contribution in [0.5, 0.6) is 0 Å². The molecule has 0 rings (SSSR count). The Balaban J connectivity index is 4.57. The Morgan fingerprint density at radius 3 is 1.70 bits per heavy atom. The largest absolute Gasteiger partial charge is 0.280 e. The van der Waals surface area contributed by atoms with Crippen molar-refractivity contribution in [2.24, 2.45) is 0 Å². The molecule has 0 atom stereocenters. The maximum atomic E-state index is 8.63. The number of hydrogen-bond acceptors (Lipinski definition) is 3. The fraction of sp³-hybridized carbons (Fsp3) is 0.714. The topological polar surface area (TPSA) is 50.8 Å². The van der Waals surface area contributed by atoms with Gasteiger partial charge in [-0.15, -0.1) is 0 Å². The van der Waals surface area contributed by atoms with Gasteiger partial charge in [0.2, 0.25) is 0 Å². The van der Waals surface area contributed by atoms with Crippen LogP contribution in [0.15, 0.2) is 0 Å². The monoisotopic (exact) mass is 137 g/mol. The van der Waals surface area contributed by atoms with E-state index in [9.17, 15) is 0 Å². The van der Waals surface area contributed by atoms with E-state index in [4.69, 9.17) is 10.5 Å². The van der Waals surface area contributed by atoms with Crippen LogP contribution in [0.4, 0.5) is 0 Å². The second-order valence-corrected chi connectivity index (χ2v) is 2.33. The molecule has 0 bridgehead atoms. The molecular weight excluding hydrogens is 126 g/mol. The van der Waals surface area contributed by atoms with Crippen molar-refractivity contribution >= 4 is 0 Å². The minimum absolute atomic E-state index is 0.535. The molecule has 0 N–H and O–H groups in total. The van der Waals surface area contributed by atoms with Gasteiger partial charge in [-0.25, -0.2) is 0 Å². The summed E-state index contributed by atoms with van der Waals surface area (Å²) < 4.78 is 0. The number of hydrogen-bond donors (Lipinski definition) is 0. The van der Waals surface area contributed by atoms with Crippen molar-refractivity contribution in [3.05, 3.63) is 0 Å². The highest BCUT2D eigenvalue weighted by Gasteiger charge is 2.29. The molecule has 0 aromatic heterocycles. The third kappa shape index (κ3) is 1.26. The maximum absolute atomic E-state index is 8.63. The number of nitrogens with zero attached hydrogens (tertiary/aromatic N) is 3. The second-order valence-electron chi connectivity index (χ2n) is 2.33. The van der Waals surface area contributed by atoms with Gasteiger partial charge in [-0.2, -0.15) is 10.5 Å². The van der Waals surface area contributed by atoms with Crippen molar-refractivity contribution in [1.29, 1.82) is 10.5 Å². The van der Waals surface area contributed by atoms with E-state index in [1.165, 1.54) is 0 Å². The Bertz CT molecular complexity index is 168. The lowest BCUT2D eigenvalue weighted by atomic mass is 9.99. The molecule has 0 aromatic rings. The van der Waals surface area contributed by atoms with Crippen LogP contribution in [-0.4, -0.2) is 24.5 Å². The van der Waals surface area contributed by atoms with E-state index < -0.39 is 5.54 Å². The zero-order valence-corrected chi connectivity index (χ0v) is 6.55. The average molecular weight is 137 g/mol. The third-order valence-electron chi connectivity index (χ3n) is 1.65. The Morgan fingerprint density at radius 1 is 1.30 bits per heavy atom. The normalized spacial score (nSPS) is 10.6. The van der Waals surface area contributed by atoms with Crippen molar-refractivity contribution in [3.63, 3.8) is 0 Å². The van der Waals surface area contributed by atoms with Crippen molar-refractivity contribution in [2.75, 3.05) is 14.1 Å². The Kier molecular flexibility index (Phi) is 2.86. The van der Waals surface area contributed by atoms with Gasteiger partial charge in [0.1, 0.15) is 12.1 Å². The second kappa shape index (κ2) is 3.20. The molecule has 3 nitrogen and oxygen atoms in total. The molecule has 10 heavy (non-hydrogen) atoms. The molecule has 0 radical (unpaired) electrons. The highest BCUT2D eigenvalue weighted by Crippen LogP contribution is 2.13. The quantitative estimate of drug-likeness (QED) is 0.564. The summed E-state index contributed by atoms with van der Waals surface area (Å²) in [6, 6.07) is 3.96. The lowest BCUT2D eigenvalue weighted by Gasteiger charge is -2.24. The first-order valence-corrected chi connectivity index (χ1v) is 3.13. The van der Waals surface area contributed by atoms with E-state index in [-0.39, 0.29) is 0 Å². The van der Waals surface area contributed by atoms with Gasteiger partial charge in [-0.3, -0.25) is 4.90 Å². The predicted octanol–water partition coefficient (Wildman–Crippen LogP) is 0.744. The Labute approximate surface area is 61.5 Å². The van der Waals surface area contributed by atoms with Crippen LogP contribution < -0.4 is 0 Å². The molecule has 0 saturated carbocycles. The summed E-state index contributed by atoms with van der Waals surface area (Å²) in [5, 5.41) is 17.3. The molecule has 54 valence electrons. The molecule has 0 amide bonds. The average Bonchev–Trinajstić information content (AvgIpc) is 1.92. The first kappa shape index (κ1) is 8.94. The molecule has 0 heterocycles. The standard InChI is InChI=1S/C7H11N3/c1-4-7(5-8,6-9)10(2)3/h4H2,1-3H3. The summed E-state index contributed by atoms with van der Waals surface area (Å²) in [6.07, 6.45) is 0.535. The van der Waals surface area contributed by atoms with E-state index in [1.54, 1.807) is 19.0 Å². The zero-order valence-electron chi connectivity index (χ0n) is 6.55. The minimum atomic E-state index is -0.931. The highest BCUT2D eigenvalue weighted by atomic mass is 15.1. The van der Waals surface area contributed by atoms with Gasteiger partial charge in [-0.1, -0.05) is 6.92 Å². The molecule has 0 aliphatic carbocycles. The predicted molar refractivity (Wildman–Crippen MR) is 37.9 cm³/mol. The SMILES string of the molecule is CCC(C#N)(C#N)N(C)C. The zero-order chi connectivity index (χ0) is 8.20. The first-order valence-electron chi connectivity index (χ1n) is 3.13. The van der Waals surface area contributed by atoms with Gasteiger partial charge < -0.3 is 0 Å². The first-order chi connectivity index (χ1) is 4.63. The fourth-order valence-electron chi connectivity index (χ4n) is 0.699. The van der Waals surface area contributed by atoms with Crippen molar-refractivity contribution in [2.45, 2.75) is 18.9 Å². The summed E-state index contributed by atoms with van der Waals surface area (Å²) in [5.41, 5.74) is -0.931. The lowest BCUT2D eigenvalue weighted by molar-refractivity contribution is 0.271. The van der Waals surface area contributed by atoms with E-state index in [1.807, 2.05) is 19.1 Å². The third-order valence-corrected chi connectivity index (χ3v) is 1.65. The molecule has 0 aliphatic rings. The Morgan fingerprint density at radius 2 is 1.70 bits per heavy atom. The molecule has 0 aromatic carbocycles. The van der Waals surface area contributed by atoms with Gasteiger partial charge in [0.25, 0.3) is 0 Å². The molecule has 0 fully saturated rings. The van der Waals surface area contributed by atoms with E-state index in [2.05, 4.69) is 0 Å². The lowest BCUT2D eigenvalue weighted by Crippen LogP contribution is -2.40. The molecule has 0 unspecified atom stereocenters. The molecule has 0 spiro atoms. The molecule has 3 heteroatoms. The Hall–Kier alpha value is -1.06. The van der Waals surface area contributed by atoms with Crippen LogP contribution in [0.3, 0.4) is 0 Å². The van der Waals surface area contributed by atoms with Gasteiger partial charge in [0.15, 0.2) is 5.54 Å². The highest BCUT2D eigenvalue weighted by molar-refractivity contribution is 5.20. The molecular formula is C7H11N3. The van der Waals surface area contributed by atoms with Crippen molar-refractivity contribution in [3.8, 4) is 12.1 Å². The van der Waals surface area contributed by atoms with Crippen LogP contribution in [0.1, 0.15) is 13.3 Å². The smallest absolute Gasteiger partial charge is 0.195 e. The summed E-state index contributed by atoms with van der Waals surface area (Å²) in [5.74, 6) is 0. The summed E-state index contributed by atoms with van der Waals surface area (Å²) in [7, 11) is 3.46. The van der Waals surface area contributed by atoms with Crippen LogP contribution in [0.2, 0.25) is 0 Å².